The van der Waals surface area contributed by atoms with Gasteiger partial charge in [-0.15, -0.1) is 5.54 Å². The van der Waals surface area contributed by atoms with Crippen LogP contribution in [0.3, 0.4) is 0 Å². The van der Waals surface area contributed by atoms with E-state index in [1.165, 1.54) is 19.9 Å². The molecule has 1 aromatic carbocycles. The summed E-state index contributed by atoms with van der Waals surface area (Å²) >= 11 is 6.25. The van der Waals surface area contributed by atoms with Gasteiger partial charge in [0.2, 0.25) is 0 Å². The van der Waals surface area contributed by atoms with E-state index in [1.54, 1.807) is 31.5 Å². The van der Waals surface area contributed by atoms with Crippen molar-refractivity contribution in [2.45, 2.75) is 57.1 Å². The molecule has 1 aliphatic rings. The summed E-state index contributed by atoms with van der Waals surface area (Å²) in [5.74, 6) is 2.32. The maximum Gasteiger partial charge on any atom is 0.165 e. The van der Waals surface area contributed by atoms with E-state index in [4.69, 9.17) is 17.3 Å². The van der Waals surface area contributed by atoms with Gasteiger partial charge in [0.1, 0.15) is 30.0 Å². The van der Waals surface area contributed by atoms with Crippen LogP contribution in [0.5, 0.6) is 0 Å². The summed E-state index contributed by atoms with van der Waals surface area (Å²) in [7, 11) is -5.29. The van der Waals surface area contributed by atoms with Crippen LogP contribution >= 0.6 is 11.6 Å². The van der Waals surface area contributed by atoms with Crippen molar-refractivity contribution in [3.05, 3.63) is 69.9 Å². The first-order valence-electron chi connectivity index (χ1n) is 11.9. The van der Waals surface area contributed by atoms with E-state index in [0.717, 1.165) is 16.5 Å². The van der Waals surface area contributed by atoms with Gasteiger partial charge in [-0.1, -0.05) is 49.3 Å². The van der Waals surface area contributed by atoms with E-state index in [1.807, 2.05) is 6.07 Å². The van der Waals surface area contributed by atoms with Crippen LogP contribution in [0, 0.1) is 17.3 Å². The van der Waals surface area contributed by atoms with Gasteiger partial charge in [0.05, 0.1) is 27.5 Å². The van der Waals surface area contributed by atoms with Crippen molar-refractivity contribution in [3.8, 4) is 11.5 Å². The second kappa shape index (κ2) is 9.19. The normalized spacial score (nSPS) is 20.7. The highest BCUT2D eigenvalue weighted by molar-refractivity contribution is 7.93. The number of amidine groups is 1. The van der Waals surface area contributed by atoms with E-state index in [2.05, 4.69) is 46.1 Å². The average Bonchev–Trinajstić information content (AvgIpc) is 2.77. The summed E-state index contributed by atoms with van der Waals surface area (Å²) in [6, 6.07) is 6.45. The Morgan fingerprint density at radius 2 is 1.84 bits per heavy atom. The quantitative estimate of drug-likeness (QED) is 0.361. The highest BCUT2D eigenvalue weighted by Gasteiger charge is 2.49. The number of halogens is 2. The molecule has 3 heterocycles. The van der Waals surface area contributed by atoms with Crippen molar-refractivity contribution in [2.24, 2.45) is 10.7 Å². The first-order valence-corrected chi connectivity index (χ1v) is 17.4. The second-order valence-corrected chi connectivity index (χ2v) is 18.9. The van der Waals surface area contributed by atoms with Crippen molar-refractivity contribution in [2.75, 3.05) is 5.75 Å². The van der Waals surface area contributed by atoms with Crippen LogP contribution in [0.2, 0.25) is 24.7 Å². The van der Waals surface area contributed by atoms with Gasteiger partial charge in [0.25, 0.3) is 0 Å². The zero-order valence-electron chi connectivity index (χ0n) is 21.8. The highest BCUT2D eigenvalue weighted by atomic mass is 35.5. The smallest absolute Gasteiger partial charge is 0.165 e. The predicted octanol–water partition coefficient (Wildman–Crippen LogP) is 5.02. The van der Waals surface area contributed by atoms with Gasteiger partial charge in [-0.3, -0.25) is 15.0 Å². The van der Waals surface area contributed by atoms with E-state index in [-0.39, 0.29) is 17.2 Å². The molecule has 0 unspecified atom stereocenters. The fourth-order valence-corrected chi connectivity index (χ4v) is 6.55. The monoisotopic (exact) mass is 556 g/mol. The van der Waals surface area contributed by atoms with Crippen molar-refractivity contribution in [1.82, 2.24) is 9.97 Å². The first-order chi connectivity index (χ1) is 17.0. The predicted molar refractivity (Wildman–Crippen MR) is 151 cm³/mol. The van der Waals surface area contributed by atoms with Gasteiger partial charge in [0.15, 0.2) is 9.84 Å². The molecule has 0 amide bonds. The largest absolute Gasteiger partial charge is 0.386 e. The van der Waals surface area contributed by atoms with Crippen LogP contribution in [0.15, 0.2) is 41.7 Å². The maximum absolute atomic E-state index is 15.1. The van der Waals surface area contributed by atoms with Gasteiger partial charge in [0, 0.05) is 29.8 Å². The summed E-state index contributed by atoms with van der Waals surface area (Å²) in [6.45, 7) is 11.1. The van der Waals surface area contributed by atoms with Crippen LogP contribution in [0.1, 0.15) is 43.2 Å². The molecule has 2 N–H and O–H groups in total. The lowest BCUT2D eigenvalue weighted by molar-refractivity contribution is 0.475. The molecule has 194 valence electrons. The summed E-state index contributed by atoms with van der Waals surface area (Å²) in [5, 5.41) is 1.30. The number of sulfone groups is 1. The first kappa shape index (κ1) is 27.2. The number of fused-ring (bicyclic) bond motifs is 1. The molecule has 2 aromatic heterocycles. The Kier molecular flexibility index (Phi) is 6.76. The number of benzene rings is 1. The summed E-state index contributed by atoms with van der Waals surface area (Å²) in [5.41, 5.74) is 11.1. The van der Waals surface area contributed by atoms with Gasteiger partial charge in [-0.05, 0) is 38.5 Å². The SMILES string of the molecule is CC1(C)C(N)=N[C@](C)(c2cc(Cc3ncc(C#C[Si](C)(C)C)c4cc(Cl)cnc34)ccc2F)CS1(=O)=O. The minimum atomic E-state index is -3.68. The zero-order chi connectivity index (χ0) is 27.4. The maximum atomic E-state index is 15.1. The van der Waals surface area contributed by atoms with Crippen LogP contribution < -0.4 is 5.73 Å². The van der Waals surface area contributed by atoms with Gasteiger partial charge in [-0.25, -0.2) is 12.8 Å². The Morgan fingerprint density at radius 3 is 2.49 bits per heavy atom. The number of hydrogen-bond acceptors (Lipinski definition) is 6. The molecule has 4 rings (SSSR count). The molecule has 0 bridgehead atoms. The third kappa shape index (κ3) is 5.28. The van der Waals surface area contributed by atoms with Crippen LogP contribution in [0.25, 0.3) is 10.9 Å². The Bertz CT molecular complexity index is 1620. The number of nitrogens with zero attached hydrogens (tertiary/aromatic N) is 3. The molecule has 0 saturated carbocycles. The molecule has 0 saturated heterocycles. The van der Waals surface area contributed by atoms with Crippen molar-refractivity contribution < 1.29 is 12.8 Å². The molecule has 0 aliphatic carbocycles. The van der Waals surface area contributed by atoms with E-state index < -0.39 is 34.0 Å². The standard InChI is InChI=1S/C27H30ClFN4O2SSi/c1-26(2)25(30)33-27(3,16-36(26,34)35)21-11-17(7-8-22(21)29)12-23-24-20(13-19(28)15-32-24)18(14-31-23)9-10-37(4,5)6/h7-8,11,13-15H,12,16H2,1-6H3,(H2,30,33)/t27-/m0/s1. The third-order valence-corrected chi connectivity index (χ3v) is 10.3. The number of aromatic nitrogens is 2. The van der Waals surface area contributed by atoms with Gasteiger partial charge < -0.3 is 5.73 Å². The Labute approximate surface area is 223 Å². The molecule has 10 heteroatoms. The lowest BCUT2D eigenvalue weighted by atomic mass is 9.90. The summed E-state index contributed by atoms with van der Waals surface area (Å²) < 4.78 is 39.8. The van der Waals surface area contributed by atoms with Crippen LogP contribution in [-0.4, -0.2) is 42.8 Å². The molecule has 3 aromatic rings. The topological polar surface area (TPSA) is 98.3 Å². The molecule has 1 aliphatic heterocycles. The molecular formula is C27H30ClFN4O2SSi. The number of nitrogens with two attached hydrogens (primary N) is 1. The van der Waals surface area contributed by atoms with Crippen LogP contribution in [-0.2, 0) is 21.8 Å². The van der Waals surface area contributed by atoms with E-state index >= 15 is 4.39 Å². The molecule has 0 spiro atoms. The minimum Gasteiger partial charge on any atom is -0.386 e. The number of pyridine rings is 2. The van der Waals surface area contributed by atoms with Crippen molar-refractivity contribution >= 4 is 46.3 Å². The fourth-order valence-electron chi connectivity index (χ4n) is 4.20. The Balaban J connectivity index is 1.79. The lowest BCUT2D eigenvalue weighted by Gasteiger charge is -2.38. The minimum absolute atomic E-state index is 0.0326. The molecule has 6 nitrogen and oxygen atoms in total. The average molecular weight is 557 g/mol. The third-order valence-electron chi connectivity index (χ3n) is 6.55. The Hall–Kier alpha value is -2.80. The molecule has 0 fully saturated rings. The van der Waals surface area contributed by atoms with E-state index in [0.29, 0.717) is 22.7 Å². The number of aliphatic imine (C=N–C) groups is 1. The fraction of sp³-hybridized carbons (Fsp3) is 0.370. The molecular weight excluding hydrogens is 527 g/mol. The highest BCUT2D eigenvalue weighted by Crippen LogP contribution is 2.38. The lowest BCUT2D eigenvalue weighted by Crippen LogP contribution is -2.55. The molecule has 1 atom stereocenters. The van der Waals surface area contributed by atoms with E-state index in [9.17, 15) is 8.42 Å². The molecule has 37 heavy (non-hydrogen) atoms. The van der Waals surface area contributed by atoms with Crippen molar-refractivity contribution in [1.29, 1.82) is 0 Å². The van der Waals surface area contributed by atoms with Gasteiger partial charge >= 0.3 is 0 Å². The number of rotatable bonds is 3. The van der Waals surface area contributed by atoms with Crippen LogP contribution in [0.4, 0.5) is 4.39 Å². The zero-order valence-corrected chi connectivity index (χ0v) is 24.4. The second-order valence-electron chi connectivity index (χ2n) is 11.2. The summed E-state index contributed by atoms with van der Waals surface area (Å²) in [6.07, 6.45) is 3.62. The molecule has 0 radical (unpaired) electrons. The number of hydrogen-bond donors (Lipinski definition) is 1. The Morgan fingerprint density at radius 1 is 1.14 bits per heavy atom. The van der Waals surface area contributed by atoms with Crippen molar-refractivity contribution in [3.63, 3.8) is 0 Å². The van der Waals surface area contributed by atoms with Gasteiger partial charge in [-0.2, -0.15) is 0 Å². The summed E-state index contributed by atoms with van der Waals surface area (Å²) in [4.78, 5) is 13.6.